The maximum Gasteiger partial charge on any atom is 0.234 e. The van der Waals surface area contributed by atoms with Crippen molar-refractivity contribution in [2.24, 2.45) is 0 Å². The monoisotopic (exact) mass is 415 g/mol. The predicted octanol–water partition coefficient (Wildman–Crippen LogP) is 5.42. The molecule has 0 unspecified atom stereocenters. The number of amides is 1. The Morgan fingerprint density at radius 3 is 2.71 bits per heavy atom. The lowest BCUT2D eigenvalue weighted by molar-refractivity contribution is -0.113. The lowest BCUT2D eigenvalue weighted by Gasteiger charge is -2.11. The zero-order valence-electron chi connectivity index (χ0n) is 16.8. The highest BCUT2D eigenvalue weighted by Gasteiger charge is 2.18. The van der Waals surface area contributed by atoms with Crippen molar-refractivity contribution in [3.05, 3.63) is 40.5 Å². The summed E-state index contributed by atoms with van der Waals surface area (Å²) < 4.78 is 5.30. The van der Waals surface area contributed by atoms with Gasteiger partial charge in [0.2, 0.25) is 5.91 Å². The summed E-state index contributed by atoms with van der Waals surface area (Å²) in [6.07, 6.45) is 0.928. The fraction of sp³-hybridized carbons (Fsp3) is 0.381. The van der Waals surface area contributed by atoms with Gasteiger partial charge >= 0.3 is 0 Å². The van der Waals surface area contributed by atoms with E-state index in [2.05, 4.69) is 33.0 Å². The van der Waals surface area contributed by atoms with Gasteiger partial charge in [-0.2, -0.15) is 0 Å². The molecule has 7 heteroatoms. The number of hydrogen-bond acceptors (Lipinski definition) is 6. The van der Waals surface area contributed by atoms with Gasteiger partial charge in [0.1, 0.15) is 21.4 Å². The van der Waals surface area contributed by atoms with E-state index in [1.165, 1.54) is 22.2 Å². The molecule has 0 aliphatic rings. The molecule has 5 nitrogen and oxygen atoms in total. The highest BCUT2D eigenvalue weighted by Crippen LogP contribution is 2.37. The second kappa shape index (κ2) is 8.92. The third-order valence-corrected chi connectivity index (χ3v) is 6.44. The molecule has 148 valence electrons. The summed E-state index contributed by atoms with van der Waals surface area (Å²) in [5.74, 6) is 1.90. The van der Waals surface area contributed by atoms with Crippen molar-refractivity contribution in [1.29, 1.82) is 0 Å². The molecule has 0 aliphatic heterocycles. The number of carbonyl (C=O) groups excluding carboxylic acids is 1. The number of fused-ring (bicyclic) bond motifs is 1. The number of benzene rings is 1. The van der Waals surface area contributed by atoms with E-state index in [4.69, 9.17) is 14.7 Å². The van der Waals surface area contributed by atoms with E-state index in [1.54, 1.807) is 18.4 Å². The number of para-hydroxylation sites is 2. The summed E-state index contributed by atoms with van der Waals surface area (Å²) in [6, 6.07) is 7.40. The van der Waals surface area contributed by atoms with Crippen LogP contribution in [0.1, 0.15) is 43.0 Å². The number of nitrogens with zero attached hydrogens (tertiary/aromatic N) is 2. The fourth-order valence-electron chi connectivity index (χ4n) is 3.01. The number of thioether (sulfide) groups is 1. The maximum absolute atomic E-state index is 12.5. The summed E-state index contributed by atoms with van der Waals surface area (Å²) in [5.41, 5.74) is 1.95. The van der Waals surface area contributed by atoms with Crippen LogP contribution in [-0.4, -0.2) is 28.7 Å². The summed E-state index contributed by atoms with van der Waals surface area (Å²) >= 11 is 3.18. The number of carbonyl (C=O) groups is 1. The molecule has 0 fully saturated rings. The number of hydrogen-bond donors (Lipinski definition) is 1. The van der Waals surface area contributed by atoms with Gasteiger partial charge in [0.15, 0.2) is 0 Å². The molecule has 3 rings (SSSR count). The number of anilines is 1. The average molecular weight is 416 g/mol. The molecule has 0 saturated heterocycles. The van der Waals surface area contributed by atoms with E-state index in [1.807, 2.05) is 24.3 Å². The van der Waals surface area contributed by atoms with Crippen molar-refractivity contribution in [1.82, 2.24) is 9.97 Å². The number of aryl methyl sites for hydroxylation is 2. The molecule has 1 amide bonds. The SMILES string of the molecule is CCc1c(C)sc2nc(C(C)C)nc(SCC(=O)Nc3ccccc3OC)c12. The first-order valence-corrected chi connectivity index (χ1v) is 11.1. The van der Waals surface area contributed by atoms with Crippen molar-refractivity contribution in [2.75, 3.05) is 18.2 Å². The molecule has 2 heterocycles. The topological polar surface area (TPSA) is 64.1 Å². The van der Waals surface area contributed by atoms with Crippen molar-refractivity contribution < 1.29 is 9.53 Å². The molecular weight excluding hydrogens is 390 g/mol. The first-order valence-electron chi connectivity index (χ1n) is 9.30. The molecule has 0 aliphatic carbocycles. The minimum absolute atomic E-state index is 0.0858. The molecule has 0 atom stereocenters. The van der Waals surface area contributed by atoms with Gasteiger partial charge in [0, 0.05) is 16.2 Å². The van der Waals surface area contributed by atoms with Crippen LogP contribution >= 0.6 is 23.1 Å². The number of methoxy groups -OCH3 is 1. The van der Waals surface area contributed by atoms with Gasteiger partial charge in [-0.3, -0.25) is 4.79 Å². The van der Waals surface area contributed by atoms with Crippen molar-refractivity contribution in [3.63, 3.8) is 0 Å². The minimum Gasteiger partial charge on any atom is -0.495 e. The summed E-state index contributed by atoms with van der Waals surface area (Å²) in [7, 11) is 1.59. The van der Waals surface area contributed by atoms with E-state index in [-0.39, 0.29) is 17.6 Å². The van der Waals surface area contributed by atoms with Crippen LogP contribution in [0.2, 0.25) is 0 Å². The normalized spacial score (nSPS) is 11.2. The highest BCUT2D eigenvalue weighted by molar-refractivity contribution is 8.00. The van der Waals surface area contributed by atoms with Gasteiger partial charge in [0.25, 0.3) is 0 Å². The zero-order valence-corrected chi connectivity index (χ0v) is 18.5. The van der Waals surface area contributed by atoms with E-state index >= 15 is 0 Å². The summed E-state index contributed by atoms with van der Waals surface area (Å²) in [4.78, 5) is 24.4. The molecule has 1 aromatic carbocycles. The Morgan fingerprint density at radius 2 is 2.04 bits per heavy atom. The molecule has 1 N–H and O–H groups in total. The average Bonchev–Trinajstić information content (AvgIpc) is 3.01. The van der Waals surface area contributed by atoms with Gasteiger partial charge in [-0.25, -0.2) is 9.97 Å². The second-order valence-electron chi connectivity index (χ2n) is 6.75. The van der Waals surface area contributed by atoms with Gasteiger partial charge in [-0.15, -0.1) is 11.3 Å². The lowest BCUT2D eigenvalue weighted by Crippen LogP contribution is -2.15. The van der Waals surface area contributed by atoms with Crippen LogP contribution in [0, 0.1) is 6.92 Å². The Bertz CT molecular complexity index is 999. The fourth-order valence-corrected chi connectivity index (χ4v) is 5.06. The number of thiophene rings is 1. The van der Waals surface area contributed by atoms with Crippen LogP contribution in [0.4, 0.5) is 5.69 Å². The van der Waals surface area contributed by atoms with Crippen LogP contribution in [0.3, 0.4) is 0 Å². The molecule has 2 aromatic heterocycles. The van der Waals surface area contributed by atoms with Gasteiger partial charge in [-0.05, 0) is 31.0 Å². The molecular formula is C21H25N3O2S2. The quantitative estimate of drug-likeness (QED) is 0.412. The van der Waals surface area contributed by atoms with Crippen molar-refractivity contribution in [2.45, 2.75) is 45.1 Å². The number of nitrogens with one attached hydrogen (secondary N) is 1. The predicted molar refractivity (Wildman–Crippen MR) is 118 cm³/mol. The number of rotatable bonds is 7. The number of aromatic nitrogens is 2. The Balaban J connectivity index is 1.85. The molecule has 0 bridgehead atoms. The van der Waals surface area contributed by atoms with E-state index < -0.39 is 0 Å². The van der Waals surface area contributed by atoms with Gasteiger partial charge in [0.05, 0.1) is 18.6 Å². The lowest BCUT2D eigenvalue weighted by atomic mass is 10.1. The standard InChI is InChI=1S/C21H25N3O2S2/c1-6-14-13(4)28-21-18(14)20(23-19(24-21)12(2)3)27-11-17(25)22-15-9-7-8-10-16(15)26-5/h7-10,12H,6,11H2,1-5H3,(H,22,25). The van der Waals surface area contributed by atoms with Crippen LogP contribution in [0.5, 0.6) is 5.75 Å². The summed E-state index contributed by atoms with van der Waals surface area (Å²) in [5, 5.41) is 4.92. The van der Waals surface area contributed by atoms with Crippen molar-refractivity contribution in [3.8, 4) is 5.75 Å². The van der Waals surface area contributed by atoms with Crippen LogP contribution < -0.4 is 10.1 Å². The Labute approximate surface area is 173 Å². The molecule has 0 saturated carbocycles. The number of ether oxygens (including phenoxy) is 1. The molecule has 0 spiro atoms. The Hall–Kier alpha value is -2.12. The highest BCUT2D eigenvalue weighted by atomic mass is 32.2. The van der Waals surface area contributed by atoms with E-state index in [0.717, 1.165) is 27.5 Å². The van der Waals surface area contributed by atoms with Crippen LogP contribution in [0.25, 0.3) is 10.2 Å². The molecule has 0 radical (unpaired) electrons. The first kappa shape index (κ1) is 20.6. The molecule has 28 heavy (non-hydrogen) atoms. The Morgan fingerprint density at radius 1 is 1.29 bits per heavy atom. The first-order chi connectivity index (χ1) is 13.4. The third kappa shape index (κ3) is 4.31. The van der Waals surface area contributed by atoms with Crippen LogP contribution in [-0.2, 0) is 11.2 Å². The summed E-state index contributed by atoms with van der Waals surface area (Å²) in [6.45, 7) is 8.45. The van der Waals surface area contributed by atoms with E-state index in [0.29, 0.717) is 11.4 Å². The van der Waals surface area contributed by atoms with Crippen molar-refractivity contribution >= 4 is 44.9 Å². The van der Waals surface area contributed by atoms with Gasteiger partial charge < -0.3 is 10.1 Å². The largest absolute Gasteiger partial charge is 0.495 e. The van der Waals surface area contributed by atoms with Crippen LogP contribution in [0.15, 0.2) is 29.3 Å². The smallest absolute Gasteiger partial charge is 0.234 e. The van der Waals surface area contributed by atoms with E-state index in [9.17, 15) is 4.79 Å². The minimum atomic E-state index is -0.0858. The van der Waals surface area contributed by atoms with Gasteiger partial charge in [-0.1, -0.05) is 44.7 Å². The second-order valence-corrected chi connectivity index (χ2v) is 8.92. The zero-order chi connectivity index (χ0) is 20.3. The Kier molecular flexibility index (Phi) is 6.57. The molecule has 3 aromatic rings. The third-order valence-electron chi connectivity index (χ3n) is 4.43. The maximum atomic E-state index is 12.5.